The Bertz CT molecular complexity index is 751. The minimum Gasteiger partial charge on any atom is -0.496 e. The maximum atomic E-state index is 12.7. The molecule has 138 valence electrons. The van der Waals surface area contributed by atoms with Crippen LogP contribution in [0.4, 0.5) is 0 Å². The summed E-state index contributed by atoms with van der Waals surface area (Å²) < 4.78 is 44.4. The van der Waals surface area contributed by atoms with Gasteiger partial charge in [-0.2, -0.15) is 0 Å². The Morgan fingerprint density at radius 1 is 1.24 bits per heavy atom. The van der Waals surface area contributed by atoms with E-state index in [1.165, 1.54) is 25.3 Å². The molecule has 3 rings (SSSR count). The van der Waals surface area contributed by atoms with Crippen molar-refractivity contribution in [3.05, 3.63) is 23.8 Å². The van der Waals surface area contributed by atoms with Crippen molar-refractivity contribution in [3.63, 3.8) is 0 Å². The van der Waals surface area contributed by atoms with E-state index in [-0.39, 0.29) is 34.5 Å². The molecule has 8 nitrogen and oxygen atoms in total. The lowest BCUT2D eigenvalue weighted by atomic mass is 9.90. The molecule has 0 bridgehead atoms. The van der Waals surface area contributed by atoms with Crippen molar-refractivity contribution < 1.29 is 27.4 Å². The number of sulfonamides is 1. The molecule has 1 aliphatic heterocycles. The summed E-state index contributed by atoms with van der Waals surface area (Å²) in [7, 11) is -2.40. The largest absolute Gasteiger partial charge is 0.496 e. The fourth-order valence-corrected chi connectivity index (χ4v) is 4.62. The Labute approximate surface area is 146 Å². The van der Waals surface area contributed by atoms with E-state index in [0.717, 1.165) is 6.42 Å². The van der Waals surface area contributed by atoms with Crippen LogP contribution in [0.25, 0.3) is 0 Å². The minimum atomic E-state index is -3.79. The zero-order valence-corrected chi connectivity index (χ0v) is 14.8. The van der Waals surface area contributed by atoms with Gasteiger partial charge in [-0.15, -0.1) is 0 Å². The molecule has 1 amide bonds. The summed E-state index contributed by atoms with van der Waals surface area (Å²) in [5.41, 5.74) is 5.32. The second-order valence-corrected chi connectivity index (χ2v) is 7.89. The highest BCUT2D eigenvalue weighted by atomic mass is 32.2. The van der Waals surface area contributed by atoms with Crippen LogP contribution in [0, 0.1) is 0 Å². The van der Waals surface area contributed by atoms with E-state index in [0.29, 0.717) is 26.1 Å². The van der Waals surface area contributed by atoms with Gasteiger partial charge in [0.15, 0.2) is 0 Å². The number of methoxy groups -OCH3 is 1. The predicted molar refractivity (Wildman–Crippen MR) is 89.0 cm³/mol. The lowest BCUT2D eigenvalue weighted by molar-refractivity contribution is -0.156. The van der Waals surface area contributed by atoms with Gasteiger partial charge < -0.3 is 19.9 Å². The average molecular weight is 370 g/mol. The molecule has 9 heteroatoms. The van der Waals surface area contributed by atoms with E-state index in [4.69, 9.17) is 19.9 Å². The van der Waals surface area contributed by atoms with Crippen LogP contribution < -0.4 is 15.2 Å². The molecule has 2 aliphatic rings. The highest BCUT2D eigenvalue weighted by Crippen LogP contribution is 2.28. The molecule has 1 aromatic rings. The SMILES string of the molecule is COc1ccc(S(=O)(=O)N[C@@H]2CC[C@@H]3OCCO[C@@H]3C2)cc1C(N)=O. The van der Waals surface area contributed by atoms with Crippen molar-refractivity contribution in [2.75, 3.05) is 20.3 Å². The Morgan fingerprint density at radius 3 is 2.64 bits per heavy atom. The second kappa shape index (κ2) is 7.28. The van der Waals surface area contributed by atoms with Gasteiger partial charge in [0, 0.05) is 6.04 Å². The first-order valence-electron chi connectivity index (χ1n) is 8.14. The van der Waals surface area contributed by atoms with Crippen LogP contribution in [0.1, 0.15) is 29.6 Å². The van der Waals surface area contributed by atoms with Crippen molar-refractivity contribution >= 4 is 15.9 Å². The number of primary amides is 1. The number of hydrogen-bond acceptors (Lipinski definition) is 6. The summed E-state index contributed by atoms with van der Waals surface area (Å²) in [6, 6.07) is 3.80. The van der Waals surface area contributed by atoms with Crippen molar-refractivity contribution in [1.82, 2.24) is 4.72 Å². The number of hydrogen-bond donors (Lipinski definition) is 2. The van der Waals surface area contributed by atoms with Crippen LogP contribution >= 0.6 is 0 Å². The van der Waals surface area contributed by atoms with Crippen molar-refractivity contribution in [2.24, 2.45) is 5.73 Å². The number of nitrogens with two attached hydrogens (primary N) is 1. The molecule has 3 N–H and O–H groups in total. The number of benzene rings is 1. The Hall–Kier alpha value is -1.68. The molecule has 1 saturated carbocycles. The first kappa shape index (κ1) is 18.1. The number of carbonyl (C=O) groups is 1. The number of amides is 1. The molecule has 1 saturated heterocycles. The second-order valence-electron chi connectivity index (χ2n) is 6.18. The van der Waals surface area contributed by atoms with Gasteiger partial charge in [0.05, 0.1) is 43.0 Å². The predicted octanol–water partition coefficient (Wildman–Crippen LogP) is 0.409. The van der Waals surface area contributed by atoms with Crippen LogP contribution in [0.3, 0.4) is 0 Å². The van der Waals surface area contributed by atoms with Crippen LogP contribution in [0.15, 0.2) is 23.1 Å². The molecule has 0 unspecified atom stereocenters. The fourth-order valence-electron chi connectivity index (χ4n) is 3.31. The summed E-state index contributed by atoms with van der Waals surface area (Å²) in [6.07, 6.45) is 1.92. The number of rotatable bonds is 5. The molecule has 1 aliphatic carbocycles. The Morgan fingerprint density at radius 2 is 1.96 bits per heavy atom. The maximum absolute atomic E-state index is 12.7. The third kappa shape index (κ3) is 3.95. The summed E-state index contributed by atoms with van der Waals surface area (Å²) >= 11 is 0. The number of fused-ring (bicyclic) bond motifs is 1. The summed E-state index contributed by atoms with van der Waals surface area (Å²) in [6.45, 7) is 1.11. The Balaban J connectivity index is 1.75. The third-order valence-corrected chi connectivity index (χ3v) is 6.07. The highest BCUT2D eigenvalue weighted by Gasteiger charge is 2.36. The smallest absolute Gasteiger partial charge is 0.252 e. The Kier molecular flexibility index (Phi) is 5.28. The number of nitrogens with one attached hydrogen (secondary N) is 1. The summed E-state index contributed by atoms with van der Waals surface area (Å²) in [5.74, 6) is -0.512. The van der Waals surface area contributed by atoms with Gasteiger partial charge in [0.1, 0.15) is 5.75 Å². The van der Waals surface area contributed by atoms with E-state index >= 15 is 0 Å². The lowest BCUT2D eigenvalue weighted by Gasteiger charge is -2.38. The van der Waals surface area contributed by atoms with Crippen LogP contribution in [0.2, 0.25) is 0 Å². The standard InChI is InChI=1S/C16H22N2O6S/c1-22-13-5-3-11(9-12(13)16(17)19)25(20,21)18-10-2-4-14-15(8-10)24-7-6-23-14/h3,5,9-10,14-15,18H,2,4,6-8H2,1H3,(H2,17,19)/t10-,14+,15-/m1/s1. The van der Waals surface area contributed by atoms with Gasteiger partial charge in [-0.3, -0.25) is 4.79 Å². The molecule has 3 atom stereocenters. The van der Waals surface area contributed by atoms with Gasteiger partial charge in [-0.25, -0.2) is 13.1 Å². The van der Waals surface area contributed by atoms with Crippen LogP contribution in [-0.4, -0.2) is 52.9 Å². The minimum absolute atomic E-state index is 0.0231. The first-order chi connectivity index (χ1) is 11.9. The van der Waals surface area contributed by atoms with Crippen molar-refractivity contribution in [1.29, 1.82) is 0 Å². The van der Waals surface area contributed by atoms with Gasteiger partial charge in [0.25, 0.3) is 5.91 Å². The van der Waals surface area contributed by atoms with Gasteiger partial charge in [-0.1, -0.05) is 0 Å². The average Bonchev–Trinajstić information content (AvgIpc) is 2.60. The molecular formula is C16H22N2O6S. The summed E-state index contributed by atoms with van der Waals surface area (Å²) in [4.78, 5) is 11.5. The van der Waals surface area contributed by atoms with Crippen molar-refractivity contribution in [3.8, 4) is 5.75 Å². The van der Waals surface area contributed by atoms with E-state index in [2.05, 4.69) is 4.72 Å². The number of ether oxygens (including phenoxy) is 3. The molecule has 0 spiro atoms. The molecule has 1 aromatic carbocycles. The van der Waals surface area contributed by atoms with E-state index < -0.39 is 15.9 Å². The lowest BCUT2D eigenvalue weighted by Crippen LogP contribution is -2.49. The topological polar surface area (TPSA) is 117 Å². The number of carbonyl (C=O) groups excluding carboxylic acids is 1. The van der Waals surface area contributed by atoms with Gasteiger partial charge in [0.2, 0.25) is 10.0 Å². The third-order valence-electron chi connectivity index (χ3n) is 4.55. The van der Waals surface area contributed by atoms with Gasteiger partial charge >= 0.3 is 0 Å². The van der Waals surface area contributed by atoms with Crippen LogP contribution in [0.5, 0.6) is 5.75 Å². The monoisotopic (exact) mass is 370 g/mol. The fraction of sp³-hybridized carbons (Fsp3) is 0.562. The molecule has 25 heavy (non-hydrogen) atoms. The van der Waals surface area contributed by atoms with Gasteiger partial charge in [-0.05, 0) is 37.5 Å². The van der Waals surface area contributed by atoms with Crippen LogP contribution in [-0.2, 0) is 19.5 Å². The molecule has 1 heterocycles. The zero-order chi connectivity index (χ0) is 18.0. The maximum Gasteiger partial charge on any atom is 0.252 e. The van der Waals surface area contributed by atoms with E-state index in [1.807, 2.05) is 0 Å². The molecular weight excluding hydrogens is 348 g/mol. The van der Waals surface area contributed by atoms with Crippen molar-refractivity contribution in [2.45, 2.75) is 42.4 Å². The summed E-state index contributed by atoms with van der Waals surface area (Å²) in [5, 5.41) is 0. The first-order valence-corrected chi connectivity index (χ1v) is 9.62. The molecule has 0 radical (unpaired) electrons. The zero-order valence-electron chi connectivity index (χ0n) is 13.9. The van der Waals surface area contributed by atoms with E-state index in [1.54, 1.807) is 0 Å². The quantitative estimate of drug-likeness (QED) is 0.775. The molecule has 0 aromatic heterocycles. The van der Waals surface area contributed by atoms with E-state index in [9.17, 15) is 13.2 Å². The normalized spacial score (nSPS) is 26.7. The highest BCUT2D eigenvalue weighted by molar-refractivity contribution is 7.89. The molecule has 2 fully saturated rings.